The maximum absolute atomic E-state index is 13.3. The molecule has 0 unspecified atom stereocenters. The summed E-state index contributed by atoms with van der Waals surface area (Å²) in [5, 5.41) is 15.1. The summed E-state index contributed by atoms with van der Waals surface area (Å²) in [5.41, 5.74) is 0.894. The van der Waals surface area contributed by atoms with E-state index in [0.29, 0.717) is 18.9 Å². The van der Waals surface area contributed by atoms with E-state index in [-0.39, 0.29) is 26.2 Å². The van der Waals surface area contributed by atoms with Crippen LogP contribution >= 0.6 is 0 Å². The number of urea groups is 1. The minimum atomic E-state index is -1.19. The molecule has 2 aliphatic heterocycles. The van der Waals surface area contributed by atoms with Crippen molar-refractivity contribution in [2.45, 2.75) is 45.4 Å². The smallest absolute Gasteiger partial charge is 0.334 e. The number of hydrogen-bond acceptors (Lipinski definition) is 5. The summed E-state index contributed by atoms with van der Waals surface area (Å²) in [4.78, 5) is 54.0. The van der Waals surface area contributed by atoms with Gasteiger partial charge in [0.25, 0.3) is 0 Å². The number of amides is 4. The average molecular weight is 470 g/mol. The van der Waals surface area contributed by atoms with E-state index in [1.54, 1.807) is 4.90 Å². The standard InChI is InChI=1S/C24H31N5O5/c1-4-11-27-16-21(30)28-19(13-22(31)32)23(33)26(12-10-17(2)3)15-20(28)29(27)24(34)25-14-18-8-6-5-7-9-18/h1,5-9,17,19-20H,10-16H2,2-3H3,(H,25,34)(H,31,32)/t19-,20-/m0/s1. The van der Waals surface area contributed by atoms with Gasteiger partial charge in [0.15, 0.2) is 0 Å². The Labute approximate surface area is 199 Å². The van der Waals surface area contributed by atoms with Gasteiger partial charge in [0, 0.05) is 13.1 Å². The van der Waals surface area contributed by atoms with Gasteiger partial charge in [0.05, 0.1) is 26.1 Å². The molecule has 0 spiro atoms. The Morgan fingerprint density at radius 2 is 1.94 bits per heavy atom. The number of piperazine rings is 1. The van der Waals surface area contributed by atoms with E-state index in [2.05, 4.69) is 11.2 Å². The molecule has 4 amide bonds. The molecule has 10 nitrogen and oxygen atoms in total. The lowest BCUT2D eigenvalue weighted by atomic mass is 10.0. The van der Waals surface area contributed by atoms with Gasteiger partial charge in [-0.15, -0.1) is 6.42 Å². The zero-order valence-electron chi connectivity index (χ0n) is 19.5. The first-order chi connectivity index (χ1) is 16.2. The number of carboxylic acids is 1. The number of nitrogens with one attached hydrogen (secondary N) is 1. The molecule has 2 saturated heterocycles. The molecule has 182 valence electrons. The van der Waals surface area contributed by atoms with Gasteiger partial charge >= 0.3 is 12.0 Å². The first-order valence-corrected chi connectivity index (χ1v) is 11.3. The van der Waals surface area contributed by atoms with Crippen LogP contribution in [-0.2, 0) is 20.9 Å². The van der Waals surface area contributed by atoms with Gasteiger partial charge in [-0.3, -0.25) is 14.4 Å². The Bertz CT molecular complexity index is 960. The van der Waals surface area contributed by atoms with Crippen molar-refractivity contribution in [1.82, 2.24) is 25.1 Å². The molecule has 2 atom stereocenters. The van der Waals surface area contributed by atoms with E-state index in [4.69, 9.17) is 6.42 Å². The molecule has 2 heterocycles. The third-order valence-corrected chi connectivity index (χ3v) is 5.94. The number of rotatable bonds is 8. The Kier molecular flexibility index (Phi) is 8.12. The van der Waals surface area contributed by atoms with E-state index < -0.39 is 42.4 Å². The second-order valence-corrected chi connectivity index (χ2v) is 8.88. The molecule has 10 heteroatoms. The highest BCUT2D eigenvalue weighted by molar-refractivity contribution is 5.93. The monoisotopic (exact) mass is 469 g/mol. The second kappa shape index (κ2) is 11.0. The molecule has 2 fully saturated rings. The molecular formula is C24H31N5O5. The maximum Gasteiger partial charge on any atom is 0.334 e. The fourth-order valence-electron chi connectivity index (χ4n) is 4.27. The van der Waals surface area contributed by atoms with Crippen LogP contribution in [0.1, 0.15) is 32.3 Å². The van der Waals surface area contributed by atoms with Crippen LogP contribution in [0.2, 0.25) is 0 Å². The zero-order valence-corrected chi connectivity index (χ0v) is 19.5. The Hall–Kier alpha value is -3.58. The highest BCUT2D eigenvalue weighted by atomic mass is 16.4. The summed E-state index contributed by atoms with van der Waals surface area (Å²) in [7, 11) is 0. The first-order valence-electron chi connectivity index (χ1n) is 11.3. The number of fused-ring (bicyclic) bond motifs is 1. The van der Waals surface area contributed by atoms with Gasteiger partial charge in [0.2, 0.25) is 11.8 Å². The van der Waals surface area contributed by atoms with Crippen LogP contribution in [0.25, 0.3) is 0 Å². The lowest BCUT2D eigenvalue weighted by Gasteiger charge is -2.54. The number of hydrogen-bond donors (Lipinski definition) is 2. The van der Waals surface area contributed by atoms with Crippen molar-refractivity contribution in [3.8, 4) is 12.3 Å². The predicted octanol–water partition coefficient (Wildman–Crippen LogP) is 0.948. The average Bonchev–Trinajstić information content (AvgIpc) is 2.78. The van der Waals surface area contributed by atoms with Crippen molar-refractivity contribution < 1.29 is 24.3 Å². The van der Waals surface area contributed by atoms with Gasteiger partial charge in [-0.1, -0.05) is 50.1 Å². The number of hydrazine groups is 1. The number of aliphatic carboxylic acids is 1. The van der Waals surface area contributed by atoms with Crippen molar-refractivity contribution in [3.05, 3.63) is 35.9 Å². The first kappa shape index (κ1) is 25.1. The lowest BCUT2D eigenvalue weighted by Crippen LogP contribution is -2.76. The summed E-state index contributed by atoms with van der Waals surface area (Å²) < 4.78 is 0. The van der Waals surface area contributed by atoms with Crippen molar-refractivity contribution >= 4 is 23.8 Å². The van der Waals surface area contributed by atoms with Gasteiger partial charge < -0.3 is 20.2 Å². The van der Waals surface area contributed by atoms with Crippen LogP contribution in [-0.4, -0.2) is 87.1 Å². The fourth-order valence-corrected chi connectivity index (χ4v) is 4.27. The molecular weight excluding hydrogens is 438 g/mol. The number of terminal acetylenes is 1. The lowest BCUT2D eigenvalue weighted by molar-refractivity contribution is -0.190. The highest BCUT2D eigenvalue weighted by Gasteiger charge is 2.51. The molecule has 2 N–H and O–H groups in total. The van der Waals surface area contributed by atoms with Gasteiger partial charge in [-0.2, -0.15) is 5.01 Å². The van der Waals surface area contributed by atoms with Crippen molar-refractivity contribution in [3.63, 3.8) is 0 Å². The molecule has 1 aromatic carbocycles. The number of carbonyl (C=O) groups excluding carboxylic acids is 3. The van der Waals surface area contributed by atoms with Crippen molar-refractivity contribution in [1.29, 1.82) is 0 Å². The van der Waals surface area contributed by atoms with Crippen LogP contribution in [0.15, 0.2) is 30.3 Å². The predicted molar refractivity (Wildman–Crippen MR) is 124 cm³/mol. The van der Waals surface area contributed by atoms with Gasteiger partial charge in [0.1, 0.15) is 12.2 Å². The van der Waals surface area contributed by atoms with Crippen LogP contribution in [0.3, 0.4) is 0 Å². The van der Waals surface area contributed by atoms with Crippen LogP contribution in [0.5, 0.6) is 0 Å². The summed E-state index contributed by atoms with van der Waals surface area (Å²) >= 11 is 0. The summed E-state index contributed by atoms with van der Waals surface area (Å²) in [6, 6.07) is 7.69. The maximum atomic E-state index is 13.3. The second-order valence-electron chi connectivity index (χ2n) is 8.88. The normalized spacial score (nSPS) is 20.8. The molecule has 1 aromatic rings. The number of benzene rings is 1. The molecule has 34 heavy (non-hydrogen) atoms. The zero-order chi connectivity index (χ0) is 24.8. The van der Waals surface area contributed by atoms with Crippen LogP contribution in [0.4, 0.5) is 4.79 Å². The summed E-state index contributed by atoms with van der Waals surface area (Å²) in [6.45, 7) is 4.57. The van der Waals surface area contributed by atoms with Gasteiger partial charge in [-0.25, -0.2) is 9.80 Å². The highest BCUT2D eigenvalue weighted by Crippen LogP contribution is 2.28. The topological polar surface area (TPSA) is 114 Å². The van der Waals surface area contributed by atoms with E-state index >= 15 is 0 Å². The Morgan fingerprint density at radius 3 is 2.56 bits per heavy atom. The van der Waals surface area contributed by atoms with Gasteiger partial charge in [-0.05, 0) is 17.9 Å². The molecule has 0 radical (unpaired) electrons. The van der Waals surface area contributed by atoms with E-state index in [1.165, 1.54) is 14.9 Å². The third kappa shape index (κ3) is 5.66. The molecule has 0 bridgehead atoms. The molecule has 0 aromatic heterocycles. The van der Waals surface area contributed by atoms with Crippen molar-refractivity contribution in [2.24, 2.45) is 5.92 Å². The number of carbonyl (C=O) groups is 4. The molecule has 0 aliphatic carbocycles. The minimum absolute atomic E-state index is 0.0123. The van der Waals surface area contributed by atoms with E-state index in [0.717, 1.165) is 5.56 Å². The quantitative estimate of drug-likeness (QED) is 0.548. The molecule has 0 saturated carbocycles. The summed E-state index contributed by atoms with van der Waals surface area (Å²) in [5.74, 6) is 0.752. The largest absolute Gasteiger partial charge is 0.481 e. The third-order valence-electron chi connectivity index (χ3n) is 5.94. The summed E-state index contributed by atoms with van der Waals surface area (Å²) in [6.07, 6.45) is 4.82. The Morgan fingerprint density at radius 1 is 1.24 bits per heavy atom. The van der Waals surface area contributed by atoms with Crippen molar-refractivity contribution in [2.75, 3.05) is 26.2 Å². The molecule has 3 rings (SSSR count). The van der Waals surface area contributed by atoms with Crippen LogP contribution in [0, 0.1) is 18.3 Å². The SMILES string of the molecule is C#CCN1CC(=O)N2[C@@H](CC(=O)O)C(=O)N(CCC(C)C)C[C@@H]2N1C(=O)NCc1ccccc1. The number of carboxylic acid groups (broad SMARTS) is 1. The van der Waals surface area contributed by atoms with E-state index in [1.807, 2.05) is 44.2 Å². The number of nitrogens with zero attached hydrogens (tertiary/aromatic N) is 4. The van der Waals surface area contributed by atoms with Crippen LogP contribution < -0.4 is 5.32 Å². The van der Waals surface area contributed by atoms with E-state index in [9.17, 15) is 24.3 Å². The fraction of sp³-hybridized carbons (Fsp3) is 0.500. The minimum Gasteiger partial charge on any atom is -0.481 e. The Balaban J connectivity index is 1.92. The molecule has 2 aliphatic rings.